The van der Waals surface area contributed by atoms with E-state index in [-0.39, 0.29) is 5.91 Å². The molecule has 0 bridgehead atoms. The Morgan fingerprint density at radius 2 is 1.71 bits per heavy atom. The van der Waals surface area contributed by atoms with Crippen LogP contribution in [0.4, 0.5) is 0 Å². The van der Waals surface area contributed by atoms with Crippen molar-refractivity contribution in [3.05, 3.63) is 0 Å². The van der Waals surface area contributed by atoms with E-state index >= 15 is 0 Å². The molecule has 100 valence electrons. The van der Waals surface area contributed by atoms with E-state index in [4.69, 9.17) is 23.2 Å². The Bertz CT molecular complexity index is 225. The third kappa shape index (κ3) is 5.05. The second-order valence-corrected chi connectivity index (χ2v) is 5.93. The molecule has 0 radical (unpaired) electrons. The largest absolute Gasteiger partial charge is 0.337 e. The highest BCUT2D eigenvalue weighted by atomic mass is 35.5. The summed E-state index contributed by atoms with van der Waals surface area (Å²) in [4.78, 5) is 13.0. The molecule has 17 heavy (non-hydrogen) atoms. The van der Waals surface area contributed by atoms with Gasteiger partial charge in [0.15, 0.2) is 4.84 Å². The maximum atomic E-state index is 12.0. The highest BCUT2D eigenvalue weighted by molar-refractivity contribution is 6.53. The van der Waals surface area contributed by atoms with Gasteiger partial charge < -0.3 is 4.90 Å². The maximum Gasteiger partial charge on any atom is 0.256 e. The van der Waals surface area contributed by atoms with Crippen LogP contribution in [0.25, 0.3) is 0 Å². The Morgan fingerprint density at radius 3 is 2.18 bits per heavy atom. The fourth-order valence-electron chi connectivity index (χ4n) is 2.59. The van der Waals surface area contributed by atoms with Gasteiger partial charge in [-0.2, -0.15) is 0 Å². The van der Waals surface area contributed by atoms with Crippen LogP contribution in [0.2, 0.25) is 0 Å². The average Bonchev–Trinajstić information content (AvgIpc) is 2.25. The average molecular weight is 280 g/mol. The Morgan fingerprint density at radius 1 is 1.18 bits per heavy atom. The number of alkyl halides is 2. The number of rotatable bonds is 4. The van der Waals surface area contributed by atoms with E-state index in [0.29, 0.717) is 6.04 Å². The SMILES string of the molecule is CCCN(C(=O)C(Cl)Cl)C1CCCCCCC1. The van der Waals surface area contributed by atoms with E-state index in [0.717, 1.165) is 25.8 Å². The number of amides is 1. The summed E-state index contributed by atoms with van der Waals surface area (Å²) in [5.41, 5.74) is 0. The highest BCUT2D eigenvalue weighted by Gasteiger charge is 2.26. The molecule has 0 spiro atoms. The summed E-state index contributed by atoms with van der Waals surface area (Å²) < 4.78 is 0. The first-order chi connectivity index (χ1) is 8.16. The minimum Gasteiger partial charge on any atom is -0.337 e. The molecule has 0 aromatic rings. The van der Waals surface area contributed by atoms with E-state index in [9.17, 15) is 4.79 Å². The van der Waals surface area contributed by atoms with Gasteiger partial charge in [-0.3, -0.25) is 4.79 Å². The van der Waals surface area contributed by atoms with Gasteiger partial charge in [-0.15, -0.1) is 0 Å². The third-order valence-electron chi connectivity index (χ3n) is 3.45. The first-order valence-electron chi connectivity index (χ1n) is 6.75. The molecule has 4 heteroatoms. The summed E-state index contributed by atoms with van der Waals surface area (Å²) in [7, 11) is 0. The maximum absolute atomic E-state index is 12.0. The van der Waals surface area contributed by atoms with Crippen molar-refractivity contribution in [3.63, 3.8) is 0 Å². The van der Waals surface area contributed by atoms with Crippen molar-refractivity contribution in [2.24, 2.45) is 0 Å². The number of halogens is 2. The van der Waals surface area contributed by atoms with Crippen molar-refractivity contribution < 1.29 is 4.79 Å². The zero-order valence-corrected chi connectivity index (χ0v) is 12.1. The lowest BCUT2D eigenvalue weighted by molar-refractivity contribution is -0.132. The van der Waals surface area contributed by atoms with Crippen molar-refractivity contribution >= 4 is 29.1 Å². The molecule has 1 fully saturated rings. The van der Waals surface area contributed by atoms with E-state index in [1.165, 1.54) is 32.1 Å². The van der Waals surface area contributed by atoms with Crippen molar-refractivity contribution in [3.8, 4) is 0 Å². The summed E-state index contributed by atoms with van der Waals surface area (Å²) in [6.07, 6.45) is 9.51. The lowest BCUT2D eigenvalue weighted by Gasteiger charge is -2.33. The molecule has 1 saturated carbocycles. The molecule has 1 amide bonds. The van der Waals surface area contributed by atoms with Crippen molar-refractivity contribution in [1.82, 2.24) is 4.90 Å². The molecular weight excluding hydrogens is 257 g/mol. The third-order valence-corrected chi connectivity index (χ3v) is 3.82. The van der Waals surface area contributed by atoms with Crippen LogP contribution in [0, 0.1) is 0 Å². The molecule has 0 saturated heterocycles. The Hall–Kier alpha value is 0.0500. The summed E-state index contributed by atoms with van der Waals surface area (Å²) in [5, 5.41) is 0. The molecule has 0 heterocycles. The van der Waals surface area contributed by atoms with Crippen LogP contribution in [0.3, 0.4) is 0 Å². The van der Waals surface area contributed by atoms with Gasteiger partial charge >= 0.3 is 0 Å². The molecule has 0 aromatic heterocycles. The van der Waals surface area contributed by atoms with E-state index in [1.807, 2.05) is 4.90 Å². The van der Waals surface area contributed by atoms with Crippen molar-refractivity contribution in [2.45, 2.75) is 69.2 Å². The van der Waals surface area contributed by atoms with Crippen LogP contribution in [0.15, 0.2) is 0 Å². The predicted octanol–water partition coefficient (Wildman–Crippen LogP) is 4.14. The second-order valence-electron chi connectivity index (χ2n) is 4.83. The fraction of sp³-hybridized carbons (Fsp3) is 0.923. The van der Waals surface area contributed by atoms with Gasteiger partial charge in [0.05, 0.1) is 0 Å². The quantitative estimate of drug-likeness (QED) is 0.709. The van der Waals surface area contributed by atoms with E-state index in [1.54, 1.807) is 0 Å². The highest BCUT2D eigenvalue weighted by Crippen LogP contribution is 2.23. The molecule has 0 N–H and O–H groups in total. The standard InChI is InChI=1S/C13H23Cl2NO/c1-2-10-16(13(17)12(14)15)11-8-6-4-3-5-7-9-11/h11-12H,2-10H2,1H3. The first kappa shape index (κ1) is 15.1. The number of carbonyl (C=O) groups is 1. The zero-order chi connectivity index (χ0) is 12.7. The number of hydrogen-bond acceptors (Lipinski definition) is 1. The molecule has 1 aliphatic carbocycles. The molecule has 1 rings (SSSR count). The summed E-state index contributed by atoms with van der Waals surface area (Å²) >= 11 is 11.5. The second kappa shape index (κ2) is 8.20. The smallest absolute Gasteiger partial charge is 0.256 e. The van der Waals surface area contributed by atoms with Crippen LogP contribution in [-0.2, 0) is 4.79 Å². The lowest BCUT2D eigenvalue weighted by Crippen LogP contribution is -2.43. The van der Waals surface area contributed by atoms with Gasteiger partial charge in [0.1, 0.15) is 0 Å². The fourth-order valence-corrected chi connectivity index (χ4v) is 2.84. The van der Waals surface area contributed by atoms with Gasteiger partial charge in [-0.05, 0) is 19.3 Å². The molecule has 1 aliphatic rings. The van der Waals surface area contributed by atoms with Gasteiger partial charge in [0, 0.05) is 12.6 Å². The topological polar surface area (TPSA) is 20.3 Å². The van der Waals surface area contributed by atoms with Gasteiger partial charge in [-0.1, -0.05) is 62.2 Å². The van der Waals surface area contributed by atoms with Crippen LogP contribution in [0.5, 0.6) is 0 Å². The normalized spacial score (nSPS) is 18.8. The van der Waals surface area contributed by atoms with Gasteiger partial charge in [-0.25, -0.2) is 0 Å². The first-order valence-corrected chi connectivity index (χ1v) is 7.62. The Kier molecular flexibility index (Phi) is 7.29. The molecular formula is C13H23Cl2NO. The molecule has 0 atom stereocenters. The zero-order valence-electron chi connectivity index (χ0n) is 10.6. The Labute approximate surface area is 115 Å². The number of carbonyl (C=O) groups excluding carboxylic acids is 1. The van der Waals surface area contributed by atoms with Crippen LogP contribution >= 0.6 is 23.2 Å². The number of nitrogens with zero attached hydrogens (tertiary/aromatic N) is 1. The molecule has 0 aliphatic heterocycles. The van der Waals surface area contributed by atoms with Crippen LogP contribution in [0.1, 0.15) is 58.3 Å². The van der Waals surface area contributed by atoms with Crippen molar-refractivity contribution in [1.29, 1.82) is 0 Å². The molecule has 2 nitrogen and oxygen atoms in total. The van der Waals surface area contributed by atoms with Crippen LogP contribution in [-0.4, -0.2) is 28.2 Å². The summed E-state index contributed by atoms with van der Waals surface area (Å²) in [5.74, 6) is -0.110. The Balaban J connectivity index is 2.62. The summed E-state index contributed by atoms with van der Waals surface area (Å²) in [6, 6.07) is 0.350. The minimum absolute atomic E-state index is 0.110. The molecule has 0 aromatic carbocycles. The monoisotopic (exact) mass is 279 g/mol. The van der Waals surface area contributed by atoms with Crippen LogP contribution < -0.4 is 0 Å². The summed E-state index contributed by atoms with van der Waals surface area (Å²) in [6.45, 7) is 2.86. The van der Waals surface area contributed by atoms with Gasteiger partial charge in [0.2, 0.25) is 0 Å². The van der Waals surface area contributed by atoms with Gasteiger partial charge in [0.25, 0.3) is 5.91 Å². The lowest BCUT2D eigenvalue weighted by atomic mass is 9.95. The van der Waals surface area contributed by atoms with E-state index in [2.05, 4.69) is 6.92 Å². The number of hydrogen-bond donors (Lipinski definition) is 0. The predicted molar refractivity (Wildman–Crippen MR) is 73.6 cm³/mol. The van der Waals surface area contributed by atoms with E-state index < -0.39 is 4.84 Å². The minimum atomic E-state index is -0.910. The molecule has 0 unspecified atom stereocenters. The van der Waals surface area contributed by atoms with Crippen molar-refractivity contribution in [2.75, 3.05) is 6.54 Å².